The number of halogens is 2. The number of hydrogen-bond acceptors (Lipinski definition) is 4. The van der Waals surface area contributed by atoms with Gasteiger partial charge in [0, 0.05) is 4.90 Å². The minimum absolute atomic E-state index is 0.208. The molecule has 0 aliphatic rings. The molecule has 1 N–H and O–H groups in total. The van der Waals surface area contributed by atoms with Crippen LogP contribution in [0.25, 0.3) is 0 Å². The molecule has 0 bridgehead atoms. The van der Waals surface area contributed by atoms with E-state index in [0.717, 1.165) is 21.2 Å². The number of amides is 1. The fourth-order valence-electron chi connectivity index (χ4n) is 2.52. The van der Waals surface area contributed by atoms with Gasteiger partial charge in [-0.1, -0.05) is 42.3 Å². The molecular formula is C18H20Cl2N2O3S2. The fraction of sp³-hybridized carbons (Fsp3) is 0.278. The SMILES string of the molecule is CCSc1ccccc1NC(=O)[C@H](C)N(c1ccc(Cl)c(Cl)c1)S(C)(=O)=O. The summed E-state index contributed by atoms with van der Waals surface area (Å²) in [6.07, 6.45) is 1.04. The zero-order chi connectivity index (χ0) is 20.2. The third-order valence-electron chi connectivity index (χ3n) is 3.69. The first-order chi connectivity index (χ1) is 12.6. The van der Waals surface area contributed by atoms with Gasteiger partial charge in [0.2, 0.25) is 15.9 Å². The maximum atomic E-state index is 12.8. The summed E-state index contributed by atoms with van der Waals surface area (Å²) in [7, 11) is -3.74. The lowest BCUT2D eigenvalue weighted by atomic mass is 10.2. The molecule has 0 fully saturated rings. The van der Waals surface area contributed by atoms with Crippen molar-refractivity contribution in [3.63, 3.8) is 0 Å². The third-order valence-corrected chi connectivity index (χ3v) is 6.63. The molecule has 2 aromatic rings. The maximum Gasteiger partial charge on any atom is 0.248 e. The minimum atomic E-state index is -3.74. The summed E-state index contributed by atoms with van der Waals surface area (Å²) in [4.78, 5) is 13.7. The predicted molar refractivity (Wildman–Crippen MR) is 115 cm³/mol. The molecule has 0 radical (unpaired) electrons. The highest BCUT2D eigenvalue weighted by atomic mass is 35.5. The highest BCUT2D eigenvalue weighted by Gasteiger charge is 2.29. The van der Waals surface area contributed by atoms with E-state index in [1.807, 2.05) is 25.1 Å². The van der Waals surface area contributed by atoms with Gasteiger partial charge in [0.25, 0.3) is 0 Å². The molecule has 0 aliphatic carbocycles. The first kappa shape index (κ1) is 21.9. The summed E-state index contributed by atoms with van der Waals surface area (Å²) < 4.78 is 25.8. The van der Waals surface area contributed by atoms with Gasteiger partial charge in [-0.15, -0.1) is 11.8 Å². The molecule has 0 unspecified atom stereocenters. The Labute approximate surface area is 174 Å². The van der Waals surface area contributed by atoms with Gasteiger partial charge in [0.15, 0.2) is 0 Å². The van der Waals surface area contributed by atoms with Crippen LogP contribution in [0.2, 0.25) is 10.0 Å². The summed E-state index contributed by atoms with van der Waals surface area (Å²) in [6.45, 7) is 3.54. The first-order valence-electron chi connectivity index (χ1n) is 8.12. The Morgan fingerprint density at radius 2 is 1.85 bits per heavy atom. The molecule has 1 amide bonds. The molecule has 0 saturated carbocycles. The van der Waals surface area contributed by atoms with E-state index < -0.39 is 22.0 Å². The van der Waals surface area contributed by atoms with E-state index in [0.29, 0.717) is 10.7 Å². The van der Waals surface area contributed by atoms with Crippen LogP contribution in [0.5, 0.6) is 0 Å². The van der Waals surface area contributed by atoms with Gasteiger partial charge in [-0.05, 0) is 43.0 Å². The van der Waals surface area contributed by atoms with Crippen molar-refractivity contribution >= 4 is 62.3 Å². The van der Waals surface area contributed by atoms with Crippen LogP contribution in [-0.2, 0) is 14.8 Å². The van der Waals surface area contributed by atoms with Crippen LogP contribution in [0.4, 0.5) is 11.4 Å². The van der Waals surface area contributed by atoms with E-state index in [4.69, 9.17) is 23.2 Å². The first-order valence-corrected chi connectivity index (χ1v) is 11.7. The number of carbonyl (C=O) groups excluding carboxylic acids is 1. The Kier molecular flexibility index (Phi) is 7.45. The van der Waals surface area contributed by atoms with Crippen molar-refractivity contribution in [2.24, 2.45) is 0 Å². The van der Waals surface area contributed by atoms with Crippen molar-refractivity contribution in [1.82, 2.24) is 0 Å². The molecule has 0 heterocycles. The number of thioether (sulfide) groups is 1. The Balaban J connectivity index is 2.34. The summed E-state index contributed by atoms with van der Waals surface area (Å²) in [5.41, 5.74) is 0.912. The zero-order valence-corrected chi connectivity index (χ0v) is 18.2. The number of anilines is 2. The highest BCUT2D eigenvalue weighted by molar-refractivity contribution is 7.99. The second-order valence-corrected chi connectivity index (χ2v) is 9.73. The minimum Gasteiger partial charge on any atom is -0.323 e. The van der Waals surface area contributed by atoms with Crippen molar-refractivity contribution in [1.29, 1.82) is 0 Å². The van der Waals surface area contributed by atoms with E-state index in [1.54, 1.807) is 17.8 Å². The number of carbonyl (C=O) groups is 1. The molecule has 1 atom stereocenters. The normalized spacial score (nSPS) is 12.5. The number of benzene rings is 2. The molecule has 0 saturated heterocycles. The second kappa shape index (κ2) is 9.19. The number of para-hydroxylation sites is 1. The molecule has 0 spiro atoms. The Morgan fingerprint density at radius 3 is 2.44 bits per heavy atom. The van der Waals surface area contributed by atoms with Crippen LogP contribution in [0.3, 0.4) is 0 Å². The third kappa shape index (κ3) is 5.54. The lowest BCUT2D eigenvalue weighted by Crippen LogP contribution is -2.45. The smallest absolute Gasteiger partial charge is 0.248 e. The topological polar surface area (TPSA) is 66.5 Å². The van der Waals surface area contributed by atoms with Gasteiger partial charge < -0.3 is 5.32 Å². The quantitative estimate of drug-likeness (QED) is 0.614. The van der Waals surface area contributed by atoms with Crippen molar-refractivity contribution in [2.75, 3.05) is 21.6 Å². The van der Waals surface area contributed by atoms with Gasteiger partial charge in [-0.25, -0.2) is 8.42 Å². The summed E-state index contributed by atoms with van der Waals surface area (Å²) >= 11 is 13.5. The van der Waals surface area contributed by atoms with Crippen LogP contribution >= 0.6 is 35.0 Å². The molecule has 9 heteroatoms. The molecule has 0 aromatic heterocycles. The molecule has 0 aliphatic heterocycles. The van der Waals surface area contributed by atoms with Crippen LogP contribution in [0, 0.1) is 0 Å². The van der Waals surface area contributed by atoms with Crippen LogP contribution in [0.1, 0.15) is 13.8 Å². The van der Waals surface area contributed by atoms with Crippen molar-refractivity contribution in [2.45, 2.75) is 24.8 Å². The Bertz CT molecular complexity index is 936. The van der Waals surface area contributed by atoms with Gasteiger partial charge >= 0.3 is 0 Å². The van der Waals surface area contributed by atoms with Gasteiger partial charge in [0.05, 0.1) is 27.7 Å². The van der Waals surface area contributed by atoms with Crippen molar-refractivity contribution < 1.29 is 13.2 Å². The molecule has 27 heavy (non-hydrogen) atoms. The lowest BCUT2D eigenvalue weighted by molar-refractivity contribution is -0.116. The fourth-order valence-corrected chi connectivity index (χ4v) is 4.74. The number of sulfonamides is 1. The monoisotopic (exact) mass is 446 g/mol. The van der Waals surface area contributed by atoms with E-state index >= 15 is 0 Å². The van der Waals surface area contributed by atoms with Crippen LogP contribution < -0.4 is 9.62 Å². The number of nitrogens with one attached hydrogen (secondary N) is 1. The molecule has 5 nitrogen and oxygen atoms in total. The standard InChI is InChI=1S/C18H20Cl2N2O3S2/c1-4-26-17-8-6-5-7-16(17)21-18(23)12(2)22(27(3,24)25)13-9-10-14(19)15(20)11-13/h5-12H,4H2,1-3H3,(H,21,23)/t12-/m0/s1. The zero-order valence-electron chi connectivity index (χ0n) is 15.1. The number of nitrogens with zero attached hydrogens (tertiary/aromatic N) is 1. The maximum absolute atomic E-state index is 12.8. The van der Waals surface area contributed by atoms with Crippen molar-refractivity contribution in [3.8, 4) is 0 Å². The second-order valence-electron chi connectivity index (χ2n) is 5.75. The summed E-state index contributed by atoms with van der Waals surface area (Å²) in [6, 6.07) is 10.8. The van der Waals surface area contributed by atoms with Crippen molar-refractivity contribution in [3.05, 3.63) is 52.5 Å². The molecular weight excluding hydrogens is 427 g/mol. The average Bonchev–Trinajstić information content (AvgIpc) is 2.59. The number of rotatable bonds is 7. The van der Waals surface area contributed by atoms with E-state index in [1.165, 1.54) is 25.1 Å². The van der Waals surface area contributed by atoms with E-state index in [2.05, 4.69) is 5.32 Å². The van der Waals surface area contributed by atoms with Crippen LogP contribution in [0.15, 0.2) is 47.4 Å². The van der Waals surface area contributed by atoms with E-state index in [9.17, 15) is 13.2 Å². The Morgan fingerprint density at radius 1 is 1.19 bits per heavy atom. The Hall–Kier alpha value is -1.41. The molecule has 2 aromatic carbocycles. The predicted octanol–water partition coefficient (Wildman–Crippen LogP) is 4.90. The number of hydrogen-bond donors (Lipinski definition) is 1. The van der Waals surface area contributed by atoms with Crippen LogP contribution in [-0.4, -0.2) is 32.4 Å². The van der Waals surface area contributed by atoms with Gasteiger partial charge in [0.1, 0.15) is 6.04 Å². The highest BCUT2D eigenvalue weighted by Crippen LogP contribution is 2.31. The molecule has 2 rings (SSSR count). The largest absolute Gasteiger partial charge is 0.323 e. The summed E-state index contributed by atoms with van der Waals surface area (Å²) in [5, 5.41) is 3.33. The van der Waals surface area contributed by atoms with E-state index in [-0.39, 0.29) is 10.7 Å². The lowest BCUT2D eigenvalue weighted by Gasteiger charge is -2.28. The molecule has 146 valence electrons. The van der Waals surface area contributed by atoms with Gasteiger partial charge in [-0.3, -0.25) is 9.10 Å². The average molecular weight is 447 g/mol. The summed E-state index contributed by atoms with van der Waals surface area (Å²) in [5.74, 6) is 0.400. The van der Waals surface area contributed by atoms with Gasteiger partial charge in [-0.2, -0.15) is 0 Å².